The Morgan fingerprint density at radius 2 is 1.77 bits per heavy atom. The van der Waals surface area contributed by atoms with Gasteiger partial charge < -0.3 is 15.4 Å². The number of benzene rings is 2. The van der Waals surface area contributed by atoms with Crippen LogP contribution >= 0.6 is 0 Å². The smallest absolute Gasteiger partial charge is 0.225 e. The quantitative estimate of drug-likeness (QED) is 0.773. The summed E-state index contributed by atoms with van der Waals surface area (Å²) in [5, 5.41) is 5.92. The summed E-state index contributed by atoms with van der Waals surface area (Å²) < 4.78 is 17.8. The van der Waals surface area contributed by atoms with Gasteiger partial charge in [-0.2, -0.15) is 0 Å². The van der Waals surface area contributed by atoms with Gasteiger partial charge in [0.1, 0.15) is 11.6 Å². The molecule has 4 nitrogen and oxygen atoms in total. The molecule has 2 aromatic rings. The number of carbonyl (C=O) groups excluding carboxylic acids is 1. The van der Waals surface area contributed by atoms with Gasteiger partial charge in [0.05, 0.1) is 7.11 Å². The van der Waals surface area contributed by atoms with E-state index in [9.17, 15) is 9.18 Å². The number of nitrogens with one attached hydrogen (secondary N) is 2. The van der Waals surface area contributed by atoms with E-state index in [0.29, 0.717) is 25.2 Å². The molecule has 0 atom stereocenters. The van der Waals surface area contributed by atoms with Crippen molar-refractivity contribution >= 4 is 11.6 Å². The van der Waals surface area contributed by atoms with E-state index in [2.05, 4.69) is 10.6 Å². The van der Waals surface area contributed by atoms with E-state index in [1.165, 1.54) is 24.3 Å². The fraction of sp³-hybridized carbons (Fsp3) is 0.235. The van der Waals surface area contributed by atoms with E-state index < -0.39 is 0 Å². The summed E-state index contributed by atoms with van der Waals surface area (Å²) in [5.41, 5.74) is 1.72. The molecule has 0 saturated carbocycles. The highest BCUT2D eigenvalue weighted by Crippen LogP contribution is 2.11. The molecule has 0 aliphatic heterocycles. The van der Waals surface area contributed by atoms with Crippen LogP contribution in [0.25, 0.3) is 0 Å². The van der Waals surface area contributed by atoms with Gasteiger partial charge in [0, 0.05) is 25.2 Å². The molecule has 0 unspecified atom stereocenters. The zero-order chi connectivity index (χ0) is 15.8. The lowest BCUT2D eigenvalue weighted by molar-refractivity contribution is -0.116. The minimum atomic E-state index is -0.320. The normalized spacial score (nSPS) is 10.3. The van der Waals surface area contributed by atoms with Gasteiger partial charge in [-0.1, -0.05) is 12.1 Å². The molecule has 0 saturated heterocycles. The third-order valence-corrected chi connectivity index (χ3v) is 3.14. The van der Waals surface area contributed by atoms with Crippen molar-refractivity contribution in [3.05, 3.63) is 59.9 Å². The second-order valence-electron chi connectivity index (χ2n) is 4.83. The minimum absolute atomic E-state index is 0.103. The Morgan fingerprint density at radius 3 is 2.41 bits per heavy atom. The molecule has 22 heavy (non-hydrogen) atoms. The highest BCUT2D eigenvalue weighted by atomic mass is 19.1. The molecule has 0 aromatic heterocycles. The average Bonchev–Trinajstić information content (AvgIpc) is 2.54. The topological polar surface area (TPSA) is 50.4 Å². The van der Waals surface area contributed by atoms with Crippen molar-refractivity contribution in [2.75, 3.05) is 19.0 Å². The van der Waals surface area contributed by atoms with Crippen molar-refractivity contribution in [2.45, 2.75) is 13.0 Å². The molecule has 0 bridgehead atoms. The number of rotatable bonds is 7. The van der Waals surface area contributed by atoms with E-state index in [-0.39, 0.29) is 11.7 Å². The van der Waals surface area contributed by atoms with Crippen molar-refractivity contribution in [3.8, 4) is 5.75 Å². The Kier molecular flexibility index (Phi) is 5.91. The maximum Gasteiger partial charge on any atom is 0.225 e. The second kappa shape index (κ2) is 8.14. The second-order valence-corrected chi connectivity index (χ2v) is 4.83. The first-order valence-electron chi connectivity index (χ1n) is 7.06. The molecule has 2 aromatic carbocycles. The van der Waals surface area contributed by atoms with Crippen molar-refractivity contribution in [2.24, 2.45) is 0 Å². The van der Waals surface area contributed by atoms with Crippen molar-refractivity contribution in [1.29, 1.82) is 0 Å². The summed E-state index contributed by atoms with van der Waals surface area (Å²) in [6.07, 6.45) is 0.355. The molecule has 0 fully saturated rings. The van der Waals surface area contributed by atoms with Gasteiger partial charge in [0.15, 0.2) is 0 Å². The van der Waals surface area contributed by atoms with Gasteiger partial charge in [-0.05, 0) is 42.0 Å². The predicted molar refractivity (Wildman–Crippen MR) is 84.3 cm³/mol. The van der Waals surface area contributed by atoms with Crippen molar-refractivity contribution in [3.63, 3.8) is 0 Å². The van der Waals surface area contributed by atoms with Crippen LogP contribution in [0.15, 0.2) is 48.5 Å². The zero-order valence-corrected chi connectivity index (χ0v) is 12.4. The zero-order valence-electron chi connectivity index (χ0n) is 12.4. The fourth-order valence-corrected chi connectivity index (χ4v) is 1.93. The lowest BCUT2D eigenvalue weighted by Gasteiger charge is -2.07. The Bertz CT molecular complexity index is 597. The van der Waals surface area contributed by atoms with E-state index in [1.54, 1.807) is 7.11 Å². The molecule has 0 heterocycles. The van der Waals surface area contributed by atoms with Gasteiger partial charge in [-0.15, -0.1) is 0 Å². The van der Waals surface area contributed by atoms with Crippen LogP contribution in [0.4, 0.5) is 10.1 Å². The van der Waals surface area contributed by atoms with E-state index in [0.717, 1.165) is 11.3 Å². The predicted octanol–water partition coefficient (Wildman–Crippen LogP) is 2.95. The highest BCUT2D eigenvalue weighted by Gasteiger charge is 2.02. The maximum absolute atomic E-state index is 12.8. The summed E-state index contributed by atoms with van der Waals surface area (Å²) in [5.74, 6) is 0.399. The summed E-state index contributed by atoms with van der Waals surface area (Å²) in [7, 11) is 1.63. The van der Waals surface area contributed by atoms with E-state index >= 15 is 0 Å². The van der Waals surface area contributed by atoms with Crippen molar-refractivity contribution < 1.29 is 13.9 Å². The van der Waals surface area contributed by atoms with Crippen LogP contribution in [0, 0.1) is 5.82 Å². The van der Waals surface area contributed by atoms with Crippen LogP contribution in [0.1, 0.15) is 12.0 Å². The first-order chi connectivity index (χ1) is 10.7. The Balaban J connectivity index is 1.67. The number of amides is 1. The van der Waals surface area contributed by atoms with Crippen molar-refractivity contribution in [1.82, 2.24) is 5.32 Å². The summed E-state index contributed by atoms with van der Waals surface area (Å²) >= 11 is 0. The standard InChI is InChI=1S/C17H19FN2O2/c1-22-16-8-2-13(3-9-16)12-19-11-10-17(21)20-15-6-4-14(18)5-7-15/h2-9,19H,10-12H2,1H3,(H,20,21). The van der Waals surface area contributed by atoms with Crippen LogP contribution in [-0.4, -0.2) is 19.6 Å². The SMILES string of the molecule is COc1ccc(CNCCC(=O)Nc2ccc(F)cc2)cc1. The summed E-state index contributed by atoms with van der Waals surface area (Å²) in [6, 6.07) is 13.5. The fourth-order valence-electron chi connectivity index (χ4n) is 1.93. The summed E-state index contributed by atoms with van der Waals surface area (Å²) in [6.45, 7) is 1.26. The Labute approximate surface area is 129 Å². The average molecular weight is 302 g/mol. The number of ether oxygens (including phenoxy) is 1. The molecule has 5 heteroatoms. The van der Waals surface area contributed by atoms with Gasteiger partial charge in [0.25, 0.3) is 0 Å². The molecule has 0 aliphatic carbocycles. The van der Waals surface area contributed by atoms with Crippen LogP contribution in [0.3, 0.4) is 0 Å². The number of carbonyl (C=O) groups is 1. The number of methoxy groups -OCH3 is 1. The first kappa shape index (κ1) is 16.0. The Morgan fingerprint density at radius 1 is 1.09 bits per heavy atom. The lowest BCUT2D eigenvalue weighted by atomic mass is 10.2. The monoisotopic (exact) mass is 302 g/mol. The number of hydrogen-bond donors (Lipinski definition) is 2. The largest absolute Gasteiger partial charge is 0.497 e. The van der Waals surface area contributed by atoms with Gasteiger partial charge in [-0.3, -0.25) is 4.79 Å². The van der Waals surface area contributed by atoms with Crippen LogP contribution in [0.5, 0.6) is 5.75 Å². The van der Waals surface area contributed by atoms with Crippen LogP contribution < -0.4 is 15.4 Å². The third kappa shape index (κ3) is 5.18. The Hall–Kier alpha value is -2.40. The van der Waals surface area contributed by atoms with E-state index in [4.69, 9.17) is 4.74 Å². The van der Waals surface area contributed by atoms with Crippen LogP contribution in [-0.2, 0) is 11.3 Å². The van der Waals surface area contributed by atoms with E-state index in [1.807, 2.05) is 24.3 Å². The van der Waals surface area contributed by atoms with Gasteiger partial charge in [0.2, 0.25) is 5.91 Å². The minimum Gasteiger partial charge on any atom is -0.497 e. The molecule has 0 spiro atoms. The number of hydrogen-bond acceptors (Lipinski definition) is 3. The number of halogens is 1. The lowest BCUT2D eigenvalue weighted by Crippen LogP contribution is -2.21. The molecule has 116 valence electrons. The first-order valence-corrected chi connectivity index (χ1v) is 7.06. The molecule has 2 N–H and O–H groups in total. The molecular weight excluding hydrogens is 283 g/mol. The number of anilines is 1. The molecule has 2 rings (SSSR count). The maximum atomic E-state index is 12.8. The molecule has 1 amide bonds. The van der Waals surface area contributed by atoms with Gasteiger partial charge in [-0.25, -0.2) is 4.39 Å². The molecular formula is C17H19FN2O2. The molecule has 0 aliphatic rings. The third-order valence-electron chi connectivity index (χ3n) is 3.14. The van der Waals surface area contributed by atoms with Crippen LogP contribution in [0.2, 0.25) is 0 Å². The molecule has 0 radical (unpaired) electrons. The summed E-state index contributed by atoms with van der Waals surface area (Å²) in [4.78, 5) is 11.7. The highest BCUT2D eigenvalue weighted by molar-refractivity contribution is 5.90. The van der Waals surface area contributed by atoms with Gasteiger partial charge >= 0.3 is 0 Å².